The molecule has 7 nitrogen and oxygen atoms in total. The van der Waals surface area contributed by atoms with Crippen molar-refractivity contribution in [1.82, 2.24) is 25.5 Å². The summed E-state index contributed by atoms with van der Waals surface area (Å²) in [6.07, 6.45) is 8.30. The van der Waals surface area contributed by atoms with Gasteiger partial charge in [0.2, 0.25) is 5.91 Å². The van der Waals surface area contributed by atoms with Gasteiger partial charge in [-0.3, -0.25) is 19.6 Å². The summed E-state index contributed by atoms with van der Waals surface area (Å²) in [6.45, 7) is 0.920. The molecule has 2 aromatic rings. The van der Waals surface area contributed by atoms with Crippen molar-refractivity contribution in [3.05, 3.63) is 48.3 Å². The Bertz CT molecular complexity index is 832. The second-order valence-corrected chi connectivity index (χ2v) is 8.14. The Kier molecular flexibility index (Phi) is 7.90. The standard InChI is InChI=1S/C23H31N5O2/c1-28(2)15-5-7-22(29)26-18-8-10-19(11-9-18)27-23(30)17-12-14-25-21(16-17)20-6-3-4-13-24-20/h3-4,6,12-14,16,18-19H,5,7-11,15H2,1-2H3,(H,26,29)(H,27,30). The van der Waals surface area contributed by atoms with Crippen LogP contribution in [0.1, 0.15) is 48.9 Å². The van der Waals surface area contributed by atoms with E-state index in [2.05, 4.69) is 25.5 Å². The molecule has 30 heavy (non-hydrogen) atoms. The van der Waals surface area contributed by atoms with Gasteiger partial charge in [-0.25, -0.2) is 0 Å². The minimum absolute atomic E-state index is 0.0919. The molecule has 2 N–H and O–H groups in total. The van der Waals surface area contributed by atoms with E-state index in [0.29, 0.717) is 17.7 Å². The lowest BCUT2D eigenvalue weighted by molar-refractivity contribution is -0.122. The molecule has 0 unspecified atom stereocenters. The van der Waals surface area contributed by atoms with Gasteiger partial charge in [0.15, 0.2) is 0 Å². The quantitative estimate of drug-likeness (QED) is 0.700. The van der Waals surface area contributed by atoms with E-state index < -0.39 is 0 Å². The van der Waals surface area contributed by atoms with Crippen LogP contribution in [0.4, 0.5) is 0 Å². The maximum Gasteiger partial charge on any atom is 0.251 e. The lowest BCUT2D eigenvalue weighted by Crippen LogP contribution is -2.43. The molecule has 1 fully saturated rings. The second-order valence-electron chi connectivity index (χ2n) is 8.14. The van der Waals surface area contributed by atoms with E-state index in [0.717, 1.165) is 44.3 Å². The molecule has 2 amide bonds. The van der Waals surface area contributed by atoms with Gasteiger partial charge in [0.05, 0.1) is 11.4 Å². The number of rotatable bonds is 8. The Morgan fingerprint density at radius 3 is 2.33 bits per heavy atom. The van der Waals surface area contributed by atoms with Crippen LogP contribution < -0.4 is 10.6 Å². The third kappa shape index (κ3) is 6.62. The first-order chi connectivity index (χ1) is 14.5. The van der Waals surface area contributed by atoms with E-state index >= 15 is 0 Å². The fourth-order valence-corrected chi connectivity index (χ4v) is 3.73. The van der Waals surface area contributed by atoms with Gasteiger partial charge in [0.1, 0.15) is 0 Å². The molecule has 160 valence electrons. The zero-order valence-electron chi connectivity index (χ0n) is 17.8. The molecule has 0 bridgehead atoms. The Morgan fingerprint density at radius 2 is 1.67 bits per heavy atom. The Hall–Kier alpha value is -2.80. The third-order valence-electron chi connectivity index (χ3n) is 5.39. The fourth-order valence-electron chi connectivity index (χ4n) is 3.73. The molecule has 3 rings (SSSR count). The fraction of sp³-hybridized carbons (Fsp3) is 0.478. The van der Waals surface area contributed by atoms with Crippen molar-refractivity contribution < 1.29 is 9.59 Å². The number of hydrogen-bond donors (Lipinski definition) is 2. The van der Waals surface area contributed by atoms with Crippen molar-refractivity contribution >= 4 is 11.8 Å². The number of nitrogens with zero attached hydrogens (tertiary/aromatic N) is 3. The summed E-state index contributed by atoms with van der Waals surface area (Å²) in [5.74, 6) is 0.0360. The van der Waals surface area contributed by atoms with Crippen LogP contribution in [0.15, 0.2) is 42.7 Å². The highest BCUT2D eigenvalue weighted by atomic mass is 16.2. The highest BCUT2D eigenvalue weighted by molar-refractivity contribution is 5.95. The van der Waals surface area contributed by atoms with Gasteiger partial charge < -0.3 is 15.5 Å². The molecule has 1 aliphatic rings. The van der Waals surface area contributed by atoms with E-state index in [1.165, 1.54) is 0 Å². The molecule has 2 aromatic heterocycles. The summed E-state index contributed by atoms with van der Waals surface area (Å²) in [7, 11) is 4.03. The van der Waals surface area contributed by atoms with Crippen molar-refractivity contribution in [3.8, 4) is 11.4 Å². The number of carbonyl (C=O) groups is 2. The van der Waals surface area contributed by atoms with Crippen molar-refractivity contribution in [3.63, 3.8) is 0 Å². The number of carbonyl (C=O) groups excluding carboxylic acids is 2. The molecule has 0 spiro atoms. The smallest absolute Gasteiger partial charge is 0.251 e. The van der Waals surface area contributed by atoms with Gasteiger partial charge in [-0.2, -0.15) is 0 Å². The Morgan fingerprint density at radius 1 is 0.967 bits per heavy atom. The van der Waals surface area contributed by atoms with E-state index in [4.69, 9.17) is 0 Å². The largest absolute Gasteiger partial charge is 0.353 e. The monoisotopic (exact) mass is 409 g/mol. The lowest BCUT2D eigenvalue weighted by Gasteiger charge is -2.29. The van der Waals surface area contributed by atoms with Crippen LogP contribution in [0.2, 0.25) is 0 Å². The first-order valence-electron chi connectivity index (χ1n) is 10.6. The molecular weight excluding hydrogens is 378 g/mol. The van der Waals surface area contributed by atoms with Gasteiger partial charge in [-0.15, -0.1) is 0 Å². The molecule has 0 saturated heterocycles. The number of nitrogens with one attached hydrogen (secondary N) is 2. The molecule has 0 atom stereocenters. The van der Waals surface area contributed by atoms with Gasteiger partial charge in [0, 0.05) is 36.5 Å². The van der Waals surface area contributed by atoms with Crippen LogP contribution in [0.25, 0.3) is 11.4 Å². The van der Waals surface area contributed by atoms with Gasteiger partial charge >= 0.3 is 0 Å². The molecule has 2 heterocycles. The van der Waals surface area contributed by atoms with Crippen molar-refractivity contribution in [2.75, 3.05) is 20.6 Å². The number of hydrogen-bond acceptors (Lipinski definition) is 5. The first kappa shape index (κ1) is 21.9. The average molecular weight is 410 g/mol. The molecule has 0 radical (unpaired) electrons. The van der Waals surface area contributed by atoms with Crippen molar-refractivity contribution in [2.45, 2.75) is 50.6 Å². The molecule has 1 aliphatic carbocycles. The van der Waals surface area contributed by atoms with Crippen LogP contribution in [0, 0.1) is 0 Å². The summed E-state index contributed by atoms with van der Waals surface area (Å²) in [4.78, 5) is 35.5. The number of aromatic nitrogens is 2. The van der Waals surface area contributed by atoms with E-state index in [1.807, 2.05) is 32.3 Å². The van der Waals surface area contributed by atoms with E-state index in [-0.39, 0.29) is 23.9 Å². The maximum absolute atomic E-state index is 12.7. The number of pyridine rings is 2. The number of amides is 2. The highest BCUT2D eigenvalue weighted by Crippen LogP contribution is 2.20. The second kappa shape index (κ2) is 10.8. The first-order valence-corrected chi connectivity index (χ1v) is 10.6. The average Bonchev–Trinajstić information content (AvgIpc) is 2.75. The molecule has 0 aliphatic heterocycles. The molecule has 1 saturated carbocycles. The van der Waals surface area contributed by atoms with Crippen LogP contribution in [-0.2, 0) is 4.79 Å². The van der Waals surface area contributed by atoms with Crippen molar-refractivity contribution in [1.29, 1.82) is 0 Å². The zero-order valence-corrected chi connectivity index (χ0v) is 17.8. The summed E-state index contributed by atoms with van der Waals surface area (Å²) >= 11 is 0. The molecule has 0 aromatic carbocycles. The predicted octanol–water partition coefficient (Wildman–Crippen LogP) is 2.64. The van der Waals surface area contributed by atoms with E-state index in [9.17, 15) is 9.59 Å². The SMILES string of the molecule is CN(C)CCCC(=O)NC1CCC(NC(=O)c2ccnc(-c3ccccn3)c2)CC1. The predicted molar refractivity (Wildman–Crippen MR) is 117 cm³/mol. The minimum Gasteiger partial charge on any atom is -0.353 e. The summed E-state index contributed by atoms with van der Waals surface area (Å²) < 4.78 is 0. The zero-order chi connectivity index (χ0) is 21.3. The third-order valence-corrected chi connectivity index (χ3v) is 5.39. The van der Waals surface area contributed by atoms with Crippen LogP contribution >= 0.6 is 0 Å². The van der Waals surface area contributed by atoms with E-state index in [1.54, 1.807) is 24.5 Å². The van der Waals surface area contributed by atoms with Gasteiger partial charge in [0.25, 0.3) is 5.91 Å². The summed E-state index contributed by atoms with van der Waals surface area (Å²) in [5.41, 5.74) is 2.01. The Balaban J connectivity index is 1.45. The van der Waals surface area contributed by atoms with Crippen LogP contribution in [-0.4, -0.2) is 59.4 Å². The topological polar surface area (TPSA) is 87.2 Å². The minimum atomic E-state index is -0.0919. The van der Waals surface area contributed by atoms with Crippen LogP contribution in [0.5, 0.6) is 0 Å². The van der Waals surface area contributed by atoms with Gasteiger partial charge in [-0.1, -0.05) is 6.07 Å². The van der Waals surface area contributed by atoms with Gasteiger partial charge in [-0.05, 0) is 77.0 Å². The van der Waals surface area contributed by atoms with Crippen LogP contribution in [0.3, 0.4) is 0 Å². The Labute approximate surface area is 178 Å². The summed E-state index contributed by atoms with van der Waals surface area (Å²) in [6, 6.07) is 9.46. The van der Waals surface area contributed by atoms with Crippen molar-refractivity contribution in [2.24, 2.45) is 0 Å². The molecule has 7 heteroatoms. The normalized spacial score (nSPS) is 18.8. The lowest BCUT2D eigenvalue weighted by atomic mass is 9.91. The highest BCUT2D eigenvalue weighted by Gasteiger charge is 2.24. The maximum atomic E-state index is 12.7. The molecular formula is C23H31N5O2. The summed E-state index contributed by atoms with van der Waals surface area (Å²) in [5, 5.41) is 6.27.